The largest absolute Gasteiger partial charge is 1.00 e. The lowest BCUT2D eigenvalue weighted by Gasteiger charge is -2.31. The van der Waals surface area contributed by atoms with Crippen LogP contribution in [0.2, 0.25) is 0 Å². The van der Waals surface area contributed by atoms with Crippen molar-refractivity contribution in [2.24, 2.45) is 16.5 Å². The van der Waals surface area contributed by atoms with Crippen molar-refractivity contribution in [3.63, 3.8) is 0 Å². The smallest absolute Gasteiger partial charge is 0.357 e. The second-order valence-electron chi connectivity index (χ2n) is 5.37. The van der Waals surface area contributed by atoms with E-state index in [9.17, 15) is 0 Å². The Balaban J connectivity index is 0.00000147. The lowest BCUT2D eigenvalue weighted by atomic mass is 10.1. The van der Waals surface area contributed by atoms with Crippen LogP contribution in [0.3, 0.4) is 0 Å². The third-order valence-corrected chi connectivity index (χ3v) is 3.94. The number of hydrogen-bond acceptors (Lipinski definition) is 4. The van der Waals surface area contributed by atoms with Gasteiger partial charge in [0.15, 0.2) is 5.66 Å². The normalized spacial score (nSPS) is 20.4. The van der Waals surface area contributed by atoms with Crippen molar-refractivity contribution in [1.82, 2.24) is 5.32 Å². The predicted molar refractivity (Wildman–Crippen MR) is 76.3 cm³/mol. The summed E-state index contributed by atoms with van der Waals surface area (Å²) < 4.78 is 2.09. The van der Waals surface area contributed by atoms with Crippen molar-refractivity contribution in [2.75, 3.05) is 0 Å². The molecule has 0 amide bonds. The van der Waals surface area contributed by atoms with Gasteiger partial charge >= 0.3 is 5.96 Å². The molecule has 1 fully saturated rings. The highest BCUT2D eigenvalue weighted by atomic mass is 35.5. The van der Waals surface area contributed by atoms with E-state index in [-0.39, 0.29) is 18.1 Å². The maximum Gasteiger partial charge on any atom is 0.357 e. The molecule has 1 aromatic carbocycles. The van der Waals surface area contributed by atoms with Crippen LogP contribution in [0.25, 0.3) is 0 Å². The van der Waals surface area contributed by atoms with Gasteiger partial charge in [-0.3, -0.25) is 5.73 Å². The third-order valence-electron chi connectivity index (χ3n) is 3.94. The van der Waals surface area contributed by atoms with E-state index in [1.54, 1.807) is 0 Å². The predicted octanol–water partition coefficient (Wildman–Crippen LogP) is -1.85. The molecule has 0 aromatic heterocycles. The summed E-state index contributed by atoms with van der Waals surface area (Å²) in [6.07, 6.45) is 4.30. The lowest BCUT2D eigenvalue weighted by Crippen LogP contribution is -3.00. The minimum Gasteiger partial charge on any atom is -1.00 e. The summed E-state index contributed by atoms with van der Waals surface area (Å²) in [6, 6.07) is 8.35. The molecule has 1 spiro atoms. The van der Waals surface area contributed by atoms with Crippen LogP contribution in [-0.2, 0) is 0 Å². The first-order chi connectivity index (χ1) is 9.11. The zero-order chi connectivity index (χ0) is 13.5. The number of nitrogens with zero attached hydrogens (tertiary/aromatic N) is 2. The Kier molecular flexibility index (Phi) is 3.90. The van der Waals surface area contributed by atoms with Crippen molar-refractivity contribution < 1.29 is 17.0 Å². The van der Waals surface area contributed by atoms with Crippen LogP contribution in [0.5, 0.6) is 0 Å². The van der Waals surface area contributed by atoms with Gasteiger partial charge in [-0.2, -0.15) is 4.99 Å². The fourth-order valence-electron chi connectivity index (χ4n) is 3.06. The first-order valence-electron chi connectivity index (χ1n) is 6.72. The number of aliphatic imine (C=N–C) groups is 1. The molecule has 108 valence electrons. The molecule has 0 radical (unpaired) electrons. The van der Waals surface area contributed by atoms with Gasteiger partial charge in [0.25, 0.3) is 5.96 Å². The maximum atomic E-state index is 6.16. The van der Waals surface area contributed by atoms with E-state index in [2.05, 4.69) is 46.1 Å². The number of rotatable bonds is 1. The van der Waals surface area contributed by atoms with Crippen LogP contribution in [0, 0.1) is 6.92 Å². The van der Waals surface area contributed by atoms with E-state index in [1.807, 2.05) is 0 Å². The molecule has 1 heterocycles. The van der Waals surface area contributed by atoms with Gasteiger partial charge in [0, 0.05) is 12.8 Å². The average molecular weight is 294 g/mol. The molecule has 0 saturated heterocycles. The van der Waals surface area contributed by atoms with Gasteiger partial charge in [0.2, 0.25) is 0 Å². The Morgan fingerprint density at radius 3 is 2.35 bits per heavy atom. The Bertz CT molecular complexity index is 555. The lowest BCUT2D eigenvalue weighted by molar-refractivity contribution is -0.535. The quantitative estimate of drug-likeness (QED) is 0.532. The van der Waals surface area contributed by atoms with E-state index in [4.69, 9.17) is 11.5 Å². The number of aryl methyl sites for hydroxylation is 1. The second-order valence-corrected chi connectivity index (χ2v) is 5.37. The van der Waals surface area contributed by atoms with Gasteiger partial charge in [-0.25, -0.2) is 9.89 Å². The van der Waals surface area contributed by atoms with Crippen LogP contribution < -0.4 is 29.2 Å². The van der Waals surface area contributed by atoms with E-state index < -0.39 is 0 Å². The zero-order valence-electron chi connectivity index (χ0n) is 11.6. The topological polar surface area (TPSA) is 79.4 Å². The molecule has 2 aliphatic rings. The summed E-state index contributed by atoms with van der Waals surface area (Å²) in [5, 5.41) is 2.94. The summed E-state index contributed by atoms with van der Waals surface area (Å²) >= 11 is 0. The fourth-order valence-corrected chi connectivity index (χ4v) is 3.06. The van der Waals surface area contributed by atoms with Crippen molar-refractivity contribution in [1.29, 1.82) is 0 Å². The minimum atomic E-state index is -0.297. The standard InChI is InChI=1S/C14H19N5.ClH/c1-10-4-6-11(7-5-10)19-13(16)17-12(15)18-14(19)8-2-3-9-14;/h4-7H,2-3,8-9H2,1H3,(H4,15,16,17,18);1H. The number of nitrogens with two attached hydrogens (primary N) is 2. The molecule has 20 heavy (non-hydrogen) atoms. The summed E-state index contributed by atoms with van der Waals surface area (Å²) in [4.78, 5) is 4.65. The van der Waals surface area contributed by atoms with Gasteiger partial charge in [0.05, 0.1) is 0 Å². The summed E-state index contributed by atoms with van der Waals surface area (Å²) in [7, 11) is 0. The van der Waals surface area contributed by atoms with Gasteiger partial charge in [0.1, 0.15) is 5.69 Å². The molecule has 0 atom stereocenters. The van der Waals surface area contributed by atoms with Crippen LogP contribution in [0.15, 0.2) is 29.3 Å². The molecule has 1 aliphatic heterocycles. The second kappa shape index (κ2) is 5.32. The molecular weight excluding hydrogens is 274 g/mol. The van der Waals surface area contributed by atoms with Gasteiger partial charge in [-0.1, -0.05) is 17.7 Å². The monoisotopic (exact) mass is 293 g/mol. The Hall–Kier alpha value is -1.75. The van der Waals surface area contributed by atoms with Crippen molar-refractivity contribution in [2.45, 2.75) is 38.3 Å². The fraction of sp³-hybridized carbons (Fsp3) is 0.429. The van der Waals surface area contributed by atoms with Gasteiger partial charge in [-0.15, -0.1) is 0 Å². The molecule has 1 aliphatic carbocycles. The maximum absolute atomic E-state index is 6.16. The molecule has 0 bridgehead atoms. The molecule has 3 rings (SSSR count). The van der Waals surface area contributed by atoms with E-state index in [1.165, 1.54) is 5.56 Å². The Morgan fingerprint density at radius 1 is 1.15 bits per heavy atom. The van der Waals surface area contributed by atoms with Crippen LogP contribution in [0.1, 0.15) is 31.2 Å². The van der Waals surface area contributed by atoms with Gasteiger partial charge in [-0.05, 0) is 31.9 Å². The SMILES string of the molecule is Cc1ccc([N+]2=C(N)NC(N)=NC23CCCC3)cc1.[Cl-]. The number of guanidine groups is 2. The molecule has 1 aromatic rings. The molecule has 0 unspecified atom stereocenters. The third kappa shape index (κ3) is 2.33. The number of nitrogens with one attached hydrogen (secondary N) is 1. The van der Waals surface area contributed by atoms with Crippen LogP contribution in [-0.4, -0.2) is 22.2 Å². The van der Waals surface area contributed by atoms with Crippen LogP contribution >= 0.6 is 0 Å². The first kappa shape index (κ1) is 14.7. The molecule has 6 heteroatoms. The average Bonchev–Trinajstić information content (AvgIpc) is 2.79. The summed E-state index contributed by atoms with van der Waals surface area (Å²) in [5.41, 5.74) is 14.0. The molecular formula is C14H20ClN5. The highest BCUT2D eigenvalue weighted by Crippen LogP contribution is 2.38. The van der Waals surface area contributed by atoms with E-state index in [0.717, 1.165) is 31.4 Å². The summed E-state index contributed by atoms with van der Waals surface area (Å²) in [6.45, 7) is 2.08. The highest BCUT2D eigenvalue weighted by Gasteiger charge is 2.45. The van der Waals surface area contributed by atoms with Crippen LogP contribution in [0.4, 0.5) is 5.69 Å². The zero-order valence-corrected chi connectivity index (χ0v) is 12.3. The minimum absolute atomic E-state index is 0. The summed E-state index contributed by atoms with van der Waals surface area (Å²) in [5.74, 6) is 0.987. The number of hydrogen-bond donors (Lipinski definition) is 3. The molecule has 5 nitrogen and oxygen atoms in total. The van der Waals surface area contributed by atoms with E-state index in [0.29, 0.717) is 11.9 Å². The number of benzene rings is 1. The Morgan fingerprint density at radius 2 is 1.75 bits per heavy atom. The molecule has 5 N–H and O–H groups in total. The highest BCUT2D eigenvalue weighted by molar-refractivity contribution is 5.96. The van der Waals surface area contributed by atoms with Crippen molar-refractivity contribution in [3.05, 3.63) is 29.8 Å². The van der Waals surface area contributed by atoms with Crippen molar-refractivity contribution >= 4 is 17.6 Å². The van der Waals surface area contributed by atoms with Crippen molar-refractivity contribution in [3.8, 4) is 0 Å². The number of halogens is 1. The Labute approximate surface area is 125 Å². The molecule has 1 saturated carbocycles. The van der Waals surface area contributed by atoms with E-state index >= 15 is 0 Å². The van der Waals surface area contributed by atoms with Gasteiger partial charge < -0.3 is 18.1 Å². The first-order valence-corrected chi connectivity index (χ1v) is 6.72.